The highest BCUT2D eigenvalue weighted by Crippen LogP contribution is 2.22. The van der Waals surface area contributed by atoms with Gasteiger partial charge in [0.1, 0.15) is 0 Å². The summed E-state index contributed by atoms with van der Waals surface area (Å²) in [6.45, 7) is 3.65. The van der Waals surface area contributed by atoms with Gasteiger partial charge in [-0.25, -0.2) is 0 Å². The van der Waals surface area contributed by atoms with E-state index in [1.807, 2.05) is 12.3 Å². The highest BCUT2D eigenvalue weighted by molar-refractivity contribution is 7.98. The first-order valence-electron chi connectivity index (χ1n) is 3.29. The van der Waals surface area contributed by atoms with E-state index in [-0.39, 0.29) is 5.69 Å². The van der Waals surface area contributed by atoms with E-state index in [4.69, 9.17) is 0 Å². The van der Waals surface area contributed by atoms with Gasteiger partial charge in [0.15, 0.2) is 0 Å². The van der Waals surface area contributed by atoms with Gasteiger partial charge in [-0.1, -0.05) is 0 Å². The Bertz CT molecular complexity index is 312. The van der Waals surface area contributed by atoms with Gasteiger partial charge < -0.3 is 0 Å². The zero-order chi connectivity index (χ0) is 9.14. The standard InChI is InChI=1S/C8H8NO2S/c1-6-3-7(9(10)11)5-8(4-6)12-2/h3-5H,1H2,2H3. The zero-order valence-corrected chi connectivity index (χ0v) is 7.43. The maximum atomic E-state index is 10.4. The molecule has 1 aromatic carbocycles. The molecule has 0 aromatic heterocycles. The summed E-state index contributed by atoms with van der Waals surface area (Å²) in [6, 6.07) is 4.82. The summed E-state index contributed by atoms with van der Waals surface area (Å²) in [6.07, 6.45) is 1.87. The van der Waals surface area contributed by atoms with E-state index in [2.05, 4.69) is 6.92 Å². The van der Waals surface area contributed by atoms with Crippen molar-refractivity contribution < 1.29 is 4.92 Å². The van der Waals surface area contributed by atoms with Crippen molar-refractivity contribution in [3.63, 3.8) is 0 Å². The molecule has 0 heterocycles. The van der Waals surface area contributed by atoms with Gasteiger partial charge in [-0.3, -0.25) is 10.1 Å². The molecule has 63 valence electrons. The van der Waals surface area contributed by atoms with Crippen molar-refractivity contribution in [2.75, 3.05) is 6.26 Å². The molecule has 0 fully saturated rings. The van der Waals surface area contributed by atoms with Crippen LogP contribution < -0.4 is 0 Å². The number of nitro groups is 1. The Kier molecular flexibility index (Phi) is 2.70. The van der Waals surface area contributed by atoms with Gasteiger partial charge in [0.2, 0.25) is 0 Å². The minimum atomic E-state index is -0.408. The molecule has 1 radical (unpaired) electrons. The number of thioether (sulfide) groups is 1. The highest BCUT2D eigenvalue weighted by atomic mass is 32.2. The molecule has 0 saturated carbocycles. The van der Waals surface area contributed by atoms with Crippen LogP contribution in [0.5, 0.6) is 0 Å². The third kappa shape index (κ3) is 1.98. The average molecular weight is 182 g/mol. The number of hydrogen-bond acceptors (Lipinski definition) is 3. The monoisotopic (exact) mass is 182 g/mol. The van der Waals surface area contributed by atoms with E-state index in [1.54, 1.807) is 6.07 Å². The van der Waals surface area contributed by atoms with Crippen LogP contribution in [0.1, 0.15) is 5.56 Å². The van der Waals surface area contributed by atoms with E-state index in [0.717, 1.165) is 4.90 Å². The molecule has 1 rings (SSSR count). The van der Waals surface area contributed by atoms with Gasteiger partial charge in [-0.05, 0) is 24.8 Å². The van der Waals surface area contributed by atoms with E-state index < -0.39 is 4.92 Å². The number of nitrogens with zero attached hydrogens (tertiary/aromatic N) is 1. The van der Waals surface area contributed by atoms with Crippen LogP contribution in [0.25, 0.3) is 0 Å². The second-order valence-electron chi connectivity index (χ2n) is 2.30. The second kappa shape index (κ2) is 3.58. The van der Waals surface area contributed by atoms with Crippen molar-refractivity contribution >= 4 is 17.4 Å². The van der Waals surface area contributed by atoms with Crippen LogP contribution in [0.2, 0.25) is 0 Å². The molecular weight excluding hydrogens is 174 g/mol. The van der Waals surface area contributed by atoms with E-state index >= 15 is 0 Å². The smallest absolute Gasteiger partial charge is 0.258 e. The lowest BCUT2D eigenvalue weighted by Gasteiger charge is -1.98. The van der Waals surface area contributed by atoms with Crippen molar-refractivity contribution in [2.24, 2.45) is 0 Å². The fourth-order valence-corrected chi connectivity index (χ4v) is 1.37. The lowest BCUT2D eigenvalue weighted by atomic mass is 10.2. The van der Waals surface area contributed by atoms with Crippen LogP contribution in [0.15, 0.2) is 23.1 Å². The van der Waals surface area contributed by atoms with E-state index in [1.165, 1.54) is 17.8 Å². The molecule has 0 atom stereocenters. The van der Waals surface area contributed by atoms with Crippen molar-refractivity contribution in [3.05, 3.63) is 40.8 Å². The first-order valence-corrected chi connectivity index (χ1v) is 4.51. The Balaban J connectivity index is 3.15. The summed E-state index contributed by atoms with van der Waals surface area (Å²) in [7, 11) is 0. The summed E-state index contributed by atoms with van der Waals surface area (Å²) >= 11 is 1.47. The topological polar surface area (TPSA) is 43.1 Å². The summed E-state index contributed by atoms with van der Waals surface area (Å²) in [5, 5.41) is 10.4. The molecule has 0 N–H and O–H groups in total. The molecule has 0 aliphatic rings. The number of benzene rings is 1. The van der Waals surface area contributed by atoms with Crippen LogP contribution in [0.4, 0.5) is 5.69 Å². The molecule has 4 heteroatoms. The molecule has 0 spiro atoms. The molecule has 0 aliphatic carbocycles. The number of nitro benzene ring substituents is 1. The Labute approximate surface area is 74.9 Å². The van der Waals surface area contributed by atoms with Crippen LogP contribution in [0, 0.1) is 17.0 Å². The van der Waals surface area contributed by atoms with Crippen LogP contribution in [-0.4, -0.2) is 11.2 Å². The third-order valence-corrected chi connectivity index (χ3v) is 2.10. The molecular formula is C8H8NO2S. The van der Waals surface area contributed by atoms with E-state index in [0.29, 0.717) is 5.56 Å². The predicted molar refractivity (Wildman–Crippen MR) is 49.3 cm³/mol. The molecule has 0 bridgehead atoms. The molecule has 0 aliphatic heterocycles. The fourth-order valence-electron chi connectivity index (χ4n) is 0.867. The Morgan fingerprint density at radius 3 is 2.67 bits per heavy atom. The summed E-state index contributed by atoms with van der Waals surface area (Å²) in [4.78, 5) is 10.9. The van der Waals surface area contributed by atoms with Gasteiger partial charge in [0.05, 0.1) is 4.92 Å². The largest absolute Gasteiger partial charge is 0.270 e. The molecule has 12 heavy (non-hydrogen) atoms. The van der Waals surface area contributed by atoms with Gasteiger partial charge in [-0.15, -0.1) is 11.8 Å². The van der Waals surface area contributed by atoms with Crippen molar-refractivity contribution in [1.29, 1.82) is 0 Å². The van der Waals surface area contributed by atoms with Gasteiger partial charge in [-0.2, -0.15) is 0 Å². The van der Waals surface area contributed by atoms with Crippen molar-refractivity contribution in [1.82, 2.24) is 0 Å². The van der Waals surface area contributed by atoms with Gasteiger partial charge >= 0.3 is 0 Å². The molecule has 0 amide bonds. The zero-order valence-electron chi connectivity index (χ0n) is 6.61. The molecule has 0 saturated heterocycles. The third-order valence-electron chi connectivity index (χ3n) is 1.40. The fraction of sp³-hybridized carbons (Fsp3) is 0.125. The molecule has 3 nitrogen and oxygen atoms in total. The Morgan fingerprint density at radius 1 is 1.50 bits per heavy atom. The highest BCUT2D eigenvalue weighted by Gasteiger charge is 2.06. The van der Waals surface area contributed by atoms with Crippen molar-refractivity contribution in [2.45, 2.75) is 4.90 Å². The minimum absolute atomic E-state index is 0.104. The van der Waals surface area contributed by atoms with Gasteiger partial charge in [0, 0.05) is 17.0 Å². The normalized spacial score (nSPS) is 9.83. The summed E-state index contributed by atoms with van der Waals surface area (Å²) < 4.78 is 0. The lowest BCUT2D eigenvalue weighted by molar-refractivity contribution is -0.385. The minimum Gasteiger partial charge on any atom is -0.258 e. The molecule has 1 aromatic rings. The van der Waals surface area contributed by atoms with Crippen LogP contribution >= 0.6 is 11.8 Å². The number of non-ortho nitro benzene ring substituents is 1. The number of hydrogen-bond donors (Lipinski definition) is 0. The average Bonchev–Trinajstić information content (AvgIpc) is 2.03. The lowest BCUT2D eigenvalue weighted by Crippen LogP contribution is -1.88. The predicted octanol–water partition coefficient (Wildman–Crippen LogP) is 2.50. The first kappa shape index (κ1) is 9.06. The summed E-state index contributed by atoms with van der Waals surface area (Å²) in [5.41, 5.74) is 0.778. The quantitative estimate of drug-likeness (QED) is 0.401. The second-order valence-corrected chi connectivity index (χ2v) is 3.18. The first-order chi connectivity index (χ1) is 5.63. The maximum Gasteiger partial charge on any atom is 0.270 e. The summed E-state index contributed by atoms with van der Waals surface area (Å²) in [5.74, 6) is 0. The molecule has 0 unspecified atom stereocenters. The van der Waals surface area contributed by atoms with Crippen molar-refractivity contribution in [3.8, 4) is 0 Å². The maximum absolute atomic E-state index is 10.4. The Hall–Kier alpha value is -1.03. The van der Waals surface area contributed by atoms with E-state index in [9.17, 15) is 10.1 Å². The van der Waals surface area contributed by atoms with Gasteiger partial charge in [0.25, 0.3) is 5.69 Å². The SMILES string of the molecule is [CH2]c1cc(SC)cc([N+](=O)[O-])c1. The number of rotatable bonds is 2. The van der Waals surface area contributed by atoms with Crippen LogP contribution in [-0.2, 0) is 0 Å². The Morgan fingerprint density at radius 2 is 2.17 bits per heavy atom. The van der Waals surface area contributed by atoms with Crippen LogP contribution in [0.3, 0.4) is 0 Å².